The Hall–Kier alpha value is -0.940. The summed E-state index contributed by atoms with van der Waals surface area (Å²) in [6.07, 6.45) is 3.54. The molecule has 1 aromatic rings. The van der Waals surface area contributed by atoms with Crippen LogP contribution in [0.3, 0.4) is 0 Å². The molecule has 0 bridgehead atoms. The van der Waals surface area contributed by atoms with E-state index in [4.69, 9.17) is 4.74 Å². The van der Waals surface area contributed by atoms with E-state index in [-0.39, 0.29) is 17.3 Å². The molecule has 1 N–H and O–H groups in total. The molecular weight excluding hydrogens is 262 g/mol. The molecule has 1 saturated carbocycles. The summed E-state index contributed by atoms with van der Waals surface area (Å²) < 4.78 is 5.10. The van der Waals surface area contributed by atoms with Crippen LogP contribution in [0.2, 0.25) is 0 Å². The largest absolute Gasteiger partial charge is 0.466 e. The highest BCUT2D eigenvalue weighted by molar-refractivity contribution is 7.09. The molecule has 0 aliphatic heterocycles. The van der Waals surface area contributed by atoms with Crippen LogP contribution in [0.15, 0.2) is 11.6 Å². The molecule has 1 heterocycles. The minimum Gasteiger partial charge on any atom is -0.466 e. The van der Waals surface area contributed by atoms with Gasteiger partial charge in [-0.1, -0.05) is 13.8 Å². The van der Waals surface area contributed by atoms with Gasteiger partial charge in [0.1, 0.15) is 10.6 Å². The van der Waals surface area contributed by atoms with E-state index in [1.165, 1.54) is 11.3 Å². The number of aliphatic hydroxyl groups is 1. The molecular formula is C14H21NO3S. The predicted molar refractivity (Wildman–Crippen MR) is 73.8 cm³/mol. The second-order valence-electron chi connectivity index (χ2n) is 5.77. The van der Waals surface area contributed by atoms with Crippen molar-refractivity contribution in [2.75, 3.05) is 6.61 Å². The zero-order chi connectivity index (χ0) is 14.1. The monoisotopic (exact) mass is 283 g/mol. The second kappa shape index (κ2) is 5.21. The summed E-state index contributed by atoms with van der Waals surface area (Å²) in [5, 5.41) is 13.6. The fourth-order valence-corrected chi connectivity index (χ4v) is 3.84. The number of ether oxygens (including phenoxy) is 1. The van der Waals surface area contributed by atoms with Gasteiger partial charge in [-0.15, -0.1) is 11.3 Å². The highest BCUT2D eigenvalue weighted by Crippen LogP contribution is 2.52. The number of thiazole rings is 1. The summed E-state index contributed by atoms with van der Waals surface area (Å²) in [5.74, 6) is -0.257. The van der Waals surface area contributed by atoms with Crippen LogP contribution in [0, 0.1) is 11.3 Å². The van der Waals surface area contributed by atoms with Gasteiger partial charge in [0.25, 0.3) is 0 Å². The molecule has 0 radical (unpaired) electrons. The molecule has 2 rings (SSSR count). The minimum absolute atomic E-state index is 0.116. The first-order valence-electron chi connectivity index (χ1n) is 6.69. The zero-order valence-electron chi connectivity index (χ0n) is 11.7. The number of carbonyl (C=O) groups excluding carboxylic acids is 1. The van der Waals surface area contributed by atoms with Gasteiger partial charge < -0.3 is 9.84 Å². The molecule has 0 spiro atoms. The Labute approximate surface area is 117 Å². The lowest BCUT2D eigenvalue weighted by Crippen LogP contribution is -2.48. The summed E-state index contributed by atoms with van der Waals surface area (Å²) in [6.45, 7) is 6.23. The van der Waals surface area contributed by atoms with E-state index >= 15 is 0 Å². The van der Waals surface area contributed by atoms with Gasteiger partial charge in [-0.05, 0) is 26.2 Å². The molecule has 2 atom stereocenters. The molecule has 106 valence electrons. The van der Waals surface area contributed by atoms with E-state index in [1.807, 2.05) is 26.2 Å². The Kier molecular flexibility index (Phi) is 3.97. The predicted octanol–water partition coefficient (Wildman–Crippen LogP) is 2.72. The maximum atomic E-state index is 11.9. The smallest absolute Gasteiger partial charge is 0.308 e. The standard InChI is InChI=1S/C14H21NO3S/c1-4-18-11(16)10-5-6-14(17,13(2,3)9-10)12-15-7-8-19-12/h7-8,10,17H,4-6,9H2,1-3H3. The van der Waals surface area contributed by atoms with Crippen molar-refractivity contribution in [1.82, 2.24) is 4.98 Å². The highest BCUT2D eigenvalue weighted by atomic mass is 32.1. The number of rotatable bonds is 3. The summed E-state index contributed by atoms with van der Waals surface area (Å²) in [6, 6.07) is 0. The van der Waals surface area contributed by atoms with E-state index in [0.717, 1.165) is 5.01 Å². The van der Waals surface area contributed by atoms with Gasteiger partial charge in [0.2, 0.25) is 0 Å². The van der Waals surface area contributed by atoms with Crippen LogP contribution in [0.25, 0.3) is 0 Å². The SMILES string of the molecule is CCOC(=O)C1CCC(O)(c2nccs2)C(C)(C)C1. The van der Waals surface area contributed by atoms with Crippen molar-refractivity contribution >= 4 is 17.3 Å². The molecule has 1 aliphatic rings. The maximum Gasteiger partial charge on any atom is 0.308 e. The van der Waals surface area contributed by atoms with Crippen molar-refractivity contribution in [3.8, 4) is 0 Å². The summed E-state index contributed by atoms with van der Waals surface area (Å²) >= 11 is 1.47. The van der Waals surface area contributed by atoms with Crippen LogP contribution in [-0.4, -0.2) is 22.7 Å². The number of carbonyl (C=O) groups is 1. The maximum absolute atomic E-state index is 11.9. The van der Waals surface area contributed by atoms with Gasteiger partial charge in [0.15, 0.2) is 0 Å². The highest BCUT2D eigenvalue weighted by Gasteiger charge is 2.52. The minimum atomic E-state index is -0.940. The molecule has 0 aromatic carbocycles. The first kappa shape index (κ1) is 14.5. The van der Waals surface area contributed by atoms with Crippen LogP contribution < -0.4 is 0 Å². The number of hydrogen-bond donors (Lipinski definition) is 1. The second-order valence-corrected chi connectivity index (χ2v) is 6.67. The molecule has 1 aromatic heterocycles. The Balaban J connectivity index is 2.18. The van der Waals surface area contributed by atoms with Crippen molar-refractivity contribution in [3.63, 3.8) is 0 Å². The van der Waals surface area contributed by atoms with E-state index in [2.05, 4.69) is 4.98 Å². The number of esters is 1. The van der Waals surface area contributed by atoms with Gasteiger partial charge in [0.05, 0.1) is 12.5 Å². The lowest BCUT2D eigenvalue weighted by Gasteiger charge is -2.47. The number of nitrogens with zero attached hydrogens (tertiary/aromatic N) is 1. The molecule has 0 saturated heterocycles. The Morgan fingerprint density at radius 1 is 1.63 bits per heavy atom. The van der Waals surface area contributed by atoms with Crippen molar-refractivity contribution in [2.45, 2.75) is 45.6 Å². The Morgan fingerprint density at radius 3 is 2.89 bits per heavy atom. The fraction of sp³-hybridized carbons (Fsp3) is 0.714. The van der Waals surface area contributed by atoms with Crippen LogP contribution >= 0.6 is 11.3 Å². The van der Waals surface area contributed by atoms with E-state index < -0.39 is 5.60 Å². The first-order valence-corrected chi connectivity index (χ1v) is 7.57. The first-order chi connectivity index (χ1) is 8.90. The van der Waals surface area contributed by atoms with Gasteiger partial charge >= 0.3 is 5.97 Å². The van der Waals surface area contributed by atoms with Crippen molar-refractivity contribution in [2.24, 2.45) is 11.3 Å². The number of hydrogen-bond acceptors (Lipinski definition) is 5. The molecule has 1 aliphatic carbocycles. The van der Waals surface area contributed by atoms with Gasteiger partial charge in [-0.2, -0.15) is 0 Å². The molecule has 4 nitrogen and oxygen atoms in total. The van der Waals surface area contributed by atoms with Crippen LogP contribution in [0.5, 0.6) is 0 Å². The molecule has 1 fully saturated rings. The number of aromatic nitrogens is 1. The van der Waals surface area contributed by atoms with Gasteiger partial charge in [-0.3, -0.25) is 4.79 Å². The van der Waals surface area contributed by atoms with Crippen LogP contribution in [-0.2, 0) is 15.1 Å². The van der Waals surface area contributed by atoms with E-state index in [0.29, 0.717) is 25.9 Å². The van der Waals surface area contributed by atoms with E-state index in [1.54, 1.807) is 6.20 Å². The van der Waals surface area contributed by atoms with Crippen molar-refractivity contribution in [1.29, 1.82) is 0 Å². The fourth-order valence-electron chi connectivity index (χ4n) is 2.89. The van der Waals surface area contributed by atoms with Gasteiger partial charge in [-0.25, -0.2) is 4.98 Å². The Bertz CT molecular complexity index is 444. The molecule has 5 heteroatoms. The lowest BCUT2D eigenvalue weighted by atomic mass is 9.62. The third kappa shape index (κ3) is 2.54. The summed E-state index contributed by atoms with van der Waals surface area (Å²) in [7, 11) is 0. The summed E-state index contributed by atoms with van der Waals surface area (Å²) in [5.41, 5.74) is -1.33. The van der Waals surface area contributed by atoms with Crippen LogP contribution in [0.1, 0.15) is 45.0 Å². The van der Waals surface area contributed by atoms with Gasteiger partial charge in [0, 0.05) is 17.0 Å². The average Bonchev–Trinajstić information content (AvgIpc) is 2.87. The van der Waals surface area contributed by atoms with Crippen molar-refractivity contribution < 1.29 is 14.6 Å². The molecule has 19 heavy (non-hydrogen) atoms. The van der Waals surface area contributed by atoms with Crippen LogP contribution in [0.4, 0.5) is 0 Å². The quantitative estimate of drug-likeness (QED) is 0.867. The summed E-state index contributed by atoms with van der Waals surface area (Å²) in [4.78, 5) is 16.1. The third-order valence-corrected chi connectivity index (χ3v) is 5.06. The van der Waals surface area contributed by atoms with E-state index in [9.17, 15) is 9.90 Å². The molecule has 0 amide bonds. The average molecular weight is 283 g/mol. The lowest BCUT2D eigenvalue weighted by molar-refractivity contribution is -0.161. The Morgan fingerprint density at radius 2 is 2.37 bits per heavy atom. The molecule has 2 unspecified atom stereocenters. The topological polar surface area (TPSA) is 59.4 Å². The van der Waals surface area contributed by atoms with Crippen molar-refractivity contribution in [3.05, 3.63) is 16.6 Å². The third-order valence-electron chi connectivity index (χ3n) is 4.14. The normalized spacial score (nSPS) is 30.0. The zero-order valence-corrected chi connectivity index (χ0v) is 12.5.